The number of nitrogens with zero attached hydrogens (tertiary/aromatic N) is 2. The van der Waals surface area contributed by atoms with Crippen LogP contribution >= 0.6 is 11.3 Å². The molecule has 170 valence electrons. The predicted octanol–water partition coefficient (Wildman–Crippen LogP) is 3.71. The van der Waals surface area contributed by atoms with Crippen molar-refractivity contribution in [3.63, 3.8) is 0 Å². The van der Waals surface area contributed by atoms with Crippen LogP contribution in [0.1, 0.15) is 22.9 Å². The average Bonchev–Trinajstić information content (AvgIpc) is 3.11. The van der Waals surface area contributed by atoms with E-state index in [4.69, 9.17) is 24.3 Å². The van der Waals surface area contributed by atoms with Gasteiger partial charge in [0.25, 0.3) is 0 Å². The Bertz CT molecular complexity index is 1390. The molecule has 10 heteroatoms. The molecule has 0 bridgehead atoms. The minimum absolute atomic E-state index is 0.0261. The molecule has 4 aromatic rings. The van der Waals surface area contributed by atoms with Gasteiger partial charge in [-0.2, -0.15) is 0 Å². The highest BCUT2D eigenvalue weighted by Gasteiger charge is 2.34. The summed E-state index contributed by atoms with van der Waals surface area (Å²) in [4.78, 5) is 10.1. The van der Waals surface area contributed by atoms with E-state index in [1.165, 1.54) is 23.5 Å². The van der Waals surface area contributed by atoms with Crippen LogP contribution in [0.25, 0.3) is 10.3 Å². The fourth-order valence-electron chi connectivity index (χ4n) is 3.95. The largest absolute Gasteiger partial charge is 0.496 e. The van der Waals surface area contributed by atoms with Gasteiger partial charge in [0.05, 0.1) is 24.5 Å². The second-order valence-electron chi connectivity index (χ2n) is 7.55. The molecule has 8 nitrogen and oxygen atoms in total. The Hall–Kier alpha value is -3.21. The molecule has 2 aromatic heterocycles. The molecule has 1 aliphatic heterocycles. The summed E-state index contributed by atoms with van der Waals surface area (Å²) in [7, 11) is -2.22. The summed E-state index contributed by atoms with van der Waals surface area (Å²) in [6, 6.07) is 16.0. The lowest BCUT2D eigenvalue weighted by Gasteiger charge is -2.26. The summed E-state index contributed by atoms with van der Waals surface area (Å²) in [5.41, 5.74) is 1.76. The van der Waals surface area contributed by atoms with Crippen molar-refractivity contribution in [2.45, 2.75) is 23.3 Å². The Morgan fingerprint density at radius 3 is 2.79 bits per heavy atom. The van der Waals surface area contributed by atoms with Crippen molar-refractivity contribution < 1.29 is 22.6 Å². The second kappa shape index (κ2) is 8.62. The summed E-state index contributed by atoms with van der Waals surface area (Å²) < 4.78 is 41.4. The summed E-state index contributed by atoms with van der Waals surface area (Å²) in [5, 5.41) is 6.12. The number of primary sulfonamides is 1. The van der Waals surface area contributed by atoms with Crippen LogP contribution in [0.3, 0.4) is 0 Å². The van der Waals surface area contributed by atoms with E-state index in [0.717, 1.165) is 26.7 Å². The van der Waals surface area contributed by atoms with E-state index >= 15 is 0 Å². The van der Waals surface area contributed by atoms with E-state index < -0.39 is 10.0 Å². The molecule has 0 spiro atoms. The van der Waals surface area contributed by atoms with Gasteiger partial charge in [0.2, 0.25) is 10.0 Å². The van der Waals surface area contributed by atoms with Gasteiger partial charge in [0.1, 0.15) is 27.2 Å². The van der Waals surface area contributed by atoms with Gasteiger partial charge in [-0.1, -0.05) is 29.5 Å². The topological polar surface area (TPSA) is 114 Å². The first kappa shape index (κ1) is 21.6. The zero-order valence-corrected chi connectivity index (χ0v) is 19.3. The molecule has 0 saturated carbocycles. The van der Waals surface area contributed by atoms with Gasteiger partial charge in [-0.3, -0.25) is 0 Å². The molecule has 1 aliphatic rings. The number of benzene rings is 2. The fraction of sp³-hybridized carbons (Fsp3) is 0.217. The summed E-state index contributed by atoms with van der Waals surface area (Å²) >= 11 is 1.51. The van der Waals surface area contributed by atoms with Gasteiger partial charge in [-0.25, -0.2) is 23.5 Å². The maximum atomic E-state index is 11.8. The molecular formula is C23H21N3O5S2. The predicted molar refractivity (Wildman–Crippen MR) is 125 cm³/mol. The fourth-order valence-corrected chi connectivity index (χ4v) is 5.56. The monoisotopic (exact) mass is 483 g/mol. The van der Waals surface area contributed by atoms with Crippen molar-refractivity contribution in [3.8, 4) is 17.2 Å². The van der Waals surface area contributed by atoms with Crippen LogP contribution in [0.5, 0.6) is 17.2 Å². The molecule has 0 aliphatic carbocycles. The van der Waals surface area contributed by atoms with Crippen molar-refractivity contribution in [2.75, 3.05) is 13.7 Å². The van der Waals surface area contributed by atoms with Gasteiger partial charge in [0, 0.05) is 24.2 Å². The first-order chi connectivity index (χ1) is 15.9. The van der Waals surface area contributed by atoms with Gasteiger partial charge < -0.3 is 14.2 Å². The number of hydrogen-bond donors (Lipinski definition) is 1. The molecule has 1 unspecified atom stereocenters. The number of methoxy groups -OCH3 is 1. The second-order valence-corrected chi connectivity index (χ2v) is 10.1. The molecule has 5 rings (SSSR count). The van der Waals surface area contributed by atoms with E-state index in [9.17, 15) is 8.42 Å². The first-order valence-corrected chi connectivity index (χ1v) is 12.6. The molecule has 0 radical (unpaired) electrons. The molecule has 2 N–H and O–H groups in total. The minimum Gasteiger partial charge on any atom is -0.496 e. The Balaban J connectivity index is 1.61. The lowest BCUT2D eigenvalue weighted by Crippen LogP contribution is -2.27. The third-order valence-corrected chi connectivity index (χ3v) is 7.45. The number of rotatable bonds is 5. The van der Waals surface area contributed by atoms with Gasteiger partial charge in [0.15, 0.2) is 11.5 Å². The van der Waals surface area contributed by atoms with Crippen LogP contribution < -0.4 is 19.3 Å². The van der Waals surface area contributed by atoms with Crippen molar-refractivity contribution in [3.05, 3.63) is 71.4 Å². The molecular weight excluding hydrogens is 462 g/mol. The maximum absolute atomic E-state index is 11.8. The molecule has 0 amide bonds. The van der Waals surface area contributed by atoms with Crippen LogP contribution in [0.2, 0.25) is 0 Å². The Morgan fingerprint density at radius 2 is 2.00 bits per heavy atom. The molecule has 0 saturated heterocycles. The number of fused-ring (bicyclic) bond motifs is 2. The van der Waals surface area contributed by atoms with Crippen molar-refractivity contribution in [1.29, 1.82) is 0 Å². The van der Waals surface area contributed by atoms with E-state index in [1.54, 1.807) is 19.4 Å². The number of ether oxygens (including phenoxy) is 3. The highest BCUT2D eigenvalue weighted by atomic mass is 32.2. The standard InChI is InChI=1S/C23H21N3O5S2/c1-29-17-7-3-2-5-15(17)21(23-26-16-6-4-11-25-22(16)32-23)19-10-12-30-20-13-14(33(24,27)28)8-9-18(20)31-19/h2-9,11,13,19,21H,10,12H2,1H3,(H2,24,27,28)/t19?,21-/m1/s1. The van der Waals surface area contributed by atoms with E-state index in [0.29, 0.717) is 24.5 Å². The molecule has 0 fully saturated rings. The smallest absolute Gasteiger partial charge is 0.238 e. The summed E-state index contributed by atoms with van der Waals surface area (Å²) in [5.74, 6) is 1.26. The molecule has 2 aromatic carbocycles. The van der Waals surface area contributed by atoms with Gasteiger partial charge in [-0.15, -0.1) is 0 Å². The van der Waals surface area contributed by atoms with Crippen LogP contribution in [0.15, 0.2) is 65.7 Å². The van der Waals surface area contributed by atoms with Crippen molar-refractivity contribution in [1.82, 2.24) is 9.97 Å². The lowest BCUT2D eigenvalue weighted by molar-refractivity contribution is 0.172. The third-order valence-electron chi connectivity index (χ3n) is 5.48. The number of aromatic nitrogens is 2. The summed E-state index contributed by atoms with van der Waals surface area (Å²) in [6.07, 6.45) is 1.95. The van der Waals surface area contributed by atoms with Crippen molar-refractivity contribution >= 4 is 31.7 Å². The highest BCUT2D eigenvalue weighted by Crippen LogP contribution is 2.42. The SMILES string of the molecule is COc1ccccc1[C@@H](c1nc2cccnc2s1)C1CCOc2cc(S(N)(=O)=O)ccc2O1. The maximum Gasteiger partial charge on any atom is 0.238 e. The van der Waals surface area contributed by atoms with Crippen LogP contribution in [0.4, 0.5) is 0 Å². The van der Waals surface area contributed by atoms with Crippen LogP contribution in [-0.4, -0.2) is 38.2 Å². The Labute approximate surface area is 195 Å². The molecule has 3 heterocycles. The number of para-hydroxylation sites is 1. The van der Waals surface area contributed by atoms with Gasteiger partial charge in [-0.05, 0) is 30.3 Å². The van der Waals surface area contributed by atoms with E-state index in [-0.39, 0.29) is 16.9 Å². The zero-order valence-electron chi connectivity index (χ0n) is 17.7. The average molecular weight is 484 g/mol. The zero-order chi connectivity index (χ0) is 23.0. The van der Waals surface area contributed by atoms with Crippen LogP contribution in [-0.2, 0) is 10.0 Å². The minimum atomic E-state index is -3.86. The number of thiazole rings is 1. The van der Waals surface area contributed by atoms with E-state index in [2.05, 4.69) is 4.98 Å². The Kier molecular flexibility index (Phi) is 5.65. The first-order valence-electron chi connectivity index (χ1n) is 10.2. The number of hydrogen-bond acceptors (Lipinski definition) is 8. The summed E-state index contributed by atoms with van der Waals surface area (Å²) in [6.45, 7) is 0.334. The lowest BCUT2D eigenvalue weighted by atomic mass is 9.91. The highest BCUT2D eigenvalue weighted by molar-refractivity contribution is 7.89. The molecule has 2 atom stereocenters. The number of pyridine rings is 1. The van der Waals surface area contributed by atoms with Gasteiger partial charge >= 0.3 is 0 Å². The normalized spacial score (nSPS) is 16.8. The van der Waals surface area contributed by atoms with Crippen LogP contribution in [0, 0.1) is 0 Å². The number of nitrogens with two attached hydrogens (primary N) is 1. The third kappa shape index (κ3) is 4.24. The quantitative estimate of drug-likeness (QED) is 0.460. The molecule has 33 heavy (non-hydrogen) atoms. The van der Waals surface area contributed by atoms with E-state index in [1.807, 2.05) is 36.4 Å². The Morgan fingerprint density at radius 1 is 1.15 bits per heavy atom. The number of sulfonamides is 1. The van der Waals surface area contributed by atoms with Crippen molar-refractivity contribution in [2.24, 2.45) is 5.14 Å².